The molecule has 1 aliphatic rings. The summed E-state index contributed by atoms with van der Waals surface area (Å²) in [6, 6.07) is 15.1. The van der Waals surface area contributed by atoms with Crippen molar-refractivity contribution in [1.82, 2.24) is 0 Å². The second-order valence-electron chi connectivity index (χ2n) is 5.13. The Kier molecular flexibility index (Phi) is 4.21. The molecule has 0 unspecified atom stereocenters. The van der Waals surface area contributed by atoms with Crippen molar-refractivity contribution >= 4 is 34.6 Å². The third-order valence-corrected chi connectivity index (χ3v) is 4.43. The van der Waals surface area contributed by atoms with Crippen LogP contribution in [0.1, 0.15) is 11.1 Å². The third-order valence-electron chi connectivity index (χ3n) is 3.54. The Morgan fingerprint density at radius 2 is 1.83 bits per heavy atom. The second kappa shape index (κ2) is 6.30. The Hall–Kier alpha value is -2.53. The average Bonchev–Trinajstić information content (AvgIpc) is 2.83. The van der Waals surface area contributed by atoms with Crippen LogP contribution in [0.25, 0.3) is 6.08 Å². The number of thioether (sulfide) groups is 1. The molecule has 0 atom stereocenters. The molecule has 0 saturated carbocycles. The lowest BCUT2D eigenvalue weighted by atomic mass is 10.1. The summed E-state index contributed by atoms with van der Waals surface area (Å²) < 4.78 is 5.31. The molecule has 1 amide bonds. The predicted molar refractivity (Wildman–Crippen MR) is 95.0 cm³/mol. The maximum atomic E-state index is 12.7. The number of nitrogens with zero attached hydrogens (tertiary/aromatic N) is 1. The van der Waals surface area contributed by atoms with Crippen LogP contribution in [0.15, 0.2) is 53.4 Å². The van der Waals surface area contributed by atoms with Gasteiger partial charge >= 0.3 is 0 Å². The van der Waals surface area contributed by atoms with Crippen molar-refractivity contribution in [2.75, 3.05) is 12.0 Å². The highest BCUT2D eigenvalue weighted by molar-refractivity contribution is 8.19. The van der Waals surface area contributed by atoms with E-state index in [4.69, 9.17) is 10.1 Å². The normalized spacial score (nSPS) is 16.3. The summed E-state index contributed by atoms with van der Waals surface area (Å²) in [4.78, 5) is 14.6. The Morgan fingerprint density at radius 3 is 2.52 bits per heavy atom. The van der Waals surface area contributed by atoms with Crippen LogP contribution in [0.3, 0.4) is 0 Å². The SMILES string of the molecule is COc1ccccc1/C=C1\SC(=N)N(c2ccc(C)cc2)C1=O. The molecular formula is C18H16N2O2S. The van der Waals surface area contributed by atoms with Crippen LogP contribution in [0.2, 0.25) is 0 Å². The van der Waals surface area contributed by atoms with Crippen LogP contribution in [0, 0.1) is 12.3 Å². The molecule has 1 aliphatic heterocycles. The van der Waals surface area contributed by atoms with Gasteiger partial charge in [-0.05, 0) is 43.0 Å². The van der Waals surface area contributed by atoms with Crippen molar-refractivity contribution in [1.29, 1.82) is 5.41 Å². The van der Waals surface area contributed by atoms with Crippen LogP contribution in [-0.4, -0.2) is 18.2 Å². The van der Waals surface area contributed by atoms with E-state index in [2.05, 4.69) is 0 Å². The first-order chi connectivity index (χ1) is 11.1. The molecule has 1 heterocycles. The minimum Gasteiger partial charge on any atom is -0.496 e. The molecule has 23 heavy (non-hydrogen) atoms. The van der Waals surface area contributed by atoms with Gasteiger partial charge in [-0.25, -0.2) is 0 Å². The molecule has 0 spiro atoms. The van der Waals surface area contributed by atoms with E-state index in [1.54, 1.807) is 13.2 Å². The summed E-state index contributed by atoms with van der Waals surface area (Å²) in [5.74, 6) is 0.517. The smallest absolute Gasteiger partial charge is 0.271 e. The molecule has 0 aromatic heterocycles. The van der Waals surface area contributed by atoms with E-state index in [9.17, 15) is 4.79 Å². The lowest BCUT2D eigenvalue weighted by molar-refractivity contribution is -0.113. The lowest BCUT2D eigenvalue weighted by Gasteiger charge is -2.14. The molecule has 3 rings (SSSR count). The number of benzene rings is 2. The van der Waals surface area contributed by atoms with Crippen LogP contribution in [-0.2, 0) is 4.79 Å². The zero-order valence-electron chi connectivity index (χ0n) is 12.9. The van der Waals surface area contributed by atoms with Gasteiger partial charge in [-0.1, -0.05) is 35.9 Å². The number of aryl methyl sites for hydroxylation is 1. The quantitative estimate of drug-likeness (QED) is 0.866. The van der Waals surface area contributed by atoms with Crippen LogP contribution in [0.5, 0.6) is 5.75 Å². The molecule has 4 nitrogen and oxygen atoms in total. The summed E-state index contributed by atoms with van der Waals surface area (Å²) in [5, 5.41) is 8.33. The summed E-state index contributed by atoms with van der Waals surface area (Å²) in [6.07, 6.45) is 1.77. The molecule has 1 N–H and O–H groups in total. The van der Waals surface area contributed by atoms with Crippen LogP contribution >= 0.6 is 11.8 Å². The van der Waals surface area contributed by atoms with Gasteiger partial charge in [-0.3, -0.25) is 15.1 Å². The highest BCUT2D eigenvalue weighted by atomic mass is 32.2. The minimum absolute atomic E-state index is 0.185. The first-order valence-electron chi connectivity index (χ1n) is 7.12. The lowest BCUT2D eigenvalue weighted by Crippen LogP contribution is -2.28. The number of carbonyl (C=O) groups excluding carboxylic acids is 1. The number of rotatable bonds is 3. The number of methoxy groups -OCH3 is 1. The molecular weight excluding hydrogens is 308 g/mol. The van der Waals surface area contributed by atoms with E-state index in [-0.39, 0.29) is 11.1 Å². The second-order valence-corrected chi connectivity index (χ2v) is 6.16. The fourth-order valence-corrected chi connectivity index (χ4v) is 3.19. The zero-order valence-corrected chi connectivity index (χ0v) is 13.7. The number of para-hydroxylation sites is 1. The number of nitrogens with one attached hydrogen (secondary N) is 1. The fraction of sp³-hybridized carbons (Fsp3) is 0.111. The molecule has 116 valence electrons. The van der Waals surface area contributed by atoms with Gasteiger partial charge in [0, 0.05) is 5.56 Å². The van der Waals surface area contributed by atoms with E-state index < -0.39 is 0 Å². The van der Waals surface area contributed by atoms with Gasteiger partial charge < -0.3 is 4.74 Å². The van der Waals surface area contributed by atoms with Gasteiger partial charge in [0.25, 0.3) is 5.91 Å². The van der Waals surface area contributed by atoms with Gasteiger partial charge in [-0.2, -0.15) is 0 Å². The number of carbonyl (C=O) groups is 1. The Morgan fingerprint density at radius 1 is 1.13 bits per heavy atom. The molecule has 1 saturated heterocycles. The first kappa shape index (κ1) is 15.4. The van der Waals surface area contributed by atoms with Crippen molar-refractivity contribution in [2.24, 2.45) is 0 Å². The van der Waals surface area contributed by atoms with E-state index in [0.717, 1.165) is 22.9 Å². The van der Waals surface area contributed by atoms with Crippen molar-refractivity contribution < 1.29 is 9.53 Å². The molecule has 5 heteroatoms. The van der Waals surface area contributed by atoms with E-state index in [0.29, 0.717) is 16.3 Å². The fourth-order valence-electron chi connectivity index (χ4n) is 2.34. The van der Waals surface area contributed by atoms with Crippen molar-refractivity contribution in [2.45, 2.75) is 6.92 Å². The number of hydrogen-bond acceptors (Lipinski definition) is 4. The molecule has 2 aromatic rings. The Balaban J connectivity index is 1.95. The van der Waals surface area contributed by atoms with E-state index in [1.807, 2.05) is 55.5 Å². The third kappa shape index (κ3) is 3.00. The Labute approximate surface area is 139 Å². The van der Waals surface area contributed by atoms with Gasteiger partial charge in [0.1, 0.15) is 5.75 Å². The summed E-state index contributed by atoms with van der Waals surface area (Å²) in [6.45, 7) is 1.99. The average molecular weight is 324 g/mol. The molecule has 1 fully saturated rings. The first-order valence-corrected chi connectivity index (χ1v) is 7.94. The molecule has 0 bridgehead atoms. The van der Waals surface area contributed by atoms with Gasteiger partial charge in [0.15, 0.2) is 5.17 Å². The zero-order chi connectivity index (χ0) is 16.4. The maximum absolute atomic E-state index is 12.7. The number of ether oxygens (including phenoxy) is 1. The topological polar surface area (TPSA) is 53.4 Å². The van der Waals surface area contributed by atoms with E-state index >= 15 is 0 Å². The van der Waals surface area contributed by atoms with Crippen LogP contribution < -0.4 is 9.64 Å². The van der Waals surface area contributed by atoms with Crippen molar-refractivity contribution in [3.63, 3.8) is 0 Å². The standard InChI is InChI=1S/C18H16N2O2S/c1-12-7-9-14(10-8-12)20-17(21)16(23-18(20)19)11-13-5-3-4-6-15(13)22-2/h3-11,19H,1-2H3/b16-11-,19-18?. The predicted octanol–water partition coefficient (Wildman–Crippen LogP) is 4.06. The van der Waals surface area contributed by atoms with E-state index in [1.165, 1.54) is 4.90 Å². The molecule has 0 radical (unpaired) electrons. The number of hydrogen-bond donors (Lipinski definition) is 1. The highest BCUT2D eigenvalue weighted by Gasteiger charge is 2.33. The van der Waals surface area contributed by atoms with Crippen molar-refractivity contribution in [3.8, 4) is 5.75 Å². The van der Waals surface area contributed by atoms with Crippen molar-refractivity contribution in [3.05, 3.63) is 64.6 Å². The molecule has 2 aromatic carbocycles. The summed E-state index contributed by atoms with van der Waals surface area (Å²) in [7, 11) is 1.60. The number of amides is 1. The van der Waals surface area contributed by atoms with Gasteiger partial charge in [-0.15, -0.1) is 0 Å². The Bertz CT molecular complexity index is 797. The number of amidine groups is 1. The number of anilines is 1. The maximum Gasteiger partial charge on any atom is 0.271 e. The monoisotopic (exact) mass is 324 g/mol. The highest BCUT2D eigenvalue weighted by Crippen LogP contribution is 2.36. The summed E-state index contributed by atoms with van der Waals surface area (Å²) >= 11 is 1.16. The molecule has 0 aliphatic carbocycles. The summed E-state index contributed by atoms with van der Waals surface area (Å²) in [5.41, 5.74) is 2.65. The minimum atomic E-state index is -0.185. The van der Waals surface area contributed by atoms with Gasteiger partial charge in [0.2, 0.25) is 0 Å². The van der Waals surface area contributed by atoms with Gasteiger partial charge in [0.05, 0.1) is 17.7 Å². The largest absolute Gasteiger partial charge is 0.496 e. The van der Waals surface area contributed by atoms with Crippen LogP contribution in [0.4, 0.5) is 5.69 Å².